The van der Waals surface area contributed by atoms with Crippen LogP contribution in [0.25, 0.3) is 5.95 Å². The highest BCUT2D eigenvalue weighted by molar-refractivity contribution is 5.79. The normalized spacial score (nSPS) is 11.6. The highest BCUT2D eigenvalue weighted by atomic mass is 19.4. The lowest BCUT2D eigenvalue weighted by molar-refractivity contribution is -0.138. The molecular formula is C21H21F4N5O. The molecule has 0 aliphatic heterocycles. The Morgan fingerprint density at radius 1 is 1.06 bits per heavy atom. The third-order valence-electron chi connectivity index (χ3n) is 4.79. The van der Waals surface area contributed by atoms with Crippen LogP contribution in [0.2, 0.25) is 0 Å². The van der Waals surface area contributed by atoms with Crippen molar-refractivity contribution in [1.82, 2.24) is 25.1 Å². The average molecular weight is 435 g/mol. The molecule has 0 saturated carbocycles. The lowest BCUT2D eigenvalue weighted by atomic mass is 10.1. The van der Waals surface area contributed by atoms with E-state index < -0.39 is 23.5 Å². The summed E-state index contributed by atoms with van der Waals surface area (Å²) in [6.45, 7) is 6.80. The van der Waals surface area contributed by atoms with Crippen molar-refractivity contribution in [1.29, 1.82) is 0 Å². The van der Waals surface area contributed by atoms with E-state index in [1.165, 1.54) is 0 Å². The van der Waals surface area contributed by atoms with Gasteiger partial charge in [0.1, 0.15) is 5.82 Å². The highest BCUT2D eigenvalue weighted by Gasteiger charge is 2.33. The van der Waals surface area contributed by atoms with Gasteiger partial charge in [0, 0.05) is 29.2 Å². The number of nitrogens with zero attached hydrogens (tertiary/aromatic N) is 4. The molecule has 164 valence electrons. The van der Waals surface area contributed by atoms with Gasteiger partial charge < -0.3 is 5.32 Å². The minimum atomic E-state index is -4.72. The zero-order valence-corrected chi connectivity index (χ0v) is 17.4. The second-order valence-corrected chi connectivity index (χ2v) is 7.26. The number of amides is 1. The summed E-state index contributed by atoms with van der Waals surface area (Å²) in [5.41, 5.74) is 2.11. The fraction of sp³-hybridized carbons (Fsp3) is 0.333. The molecule has 31 heavy (non-hydrogen) atoms. The number of rotatable bonds is 5. The molecular weight excluding hydrogens is 414 g/mol. The van der Waals surface area contributed by atoms with Crippen molar-refractivity contribution in [3.63, 3.8) is 0 Å². The number of benzene rings is 1. The molecule has 1 N–H and O–H groups in total. The predicted octanol–water partition coefficient (Wildman–Crippen LogP) is 3.91. The van der Waals surface area contributed by atoms with Crippen molar-refractivity contribution in [3.05, 3.63) is 69.5 Å². The number of halogens is 4. The number of nitrogens with one attached hydrogen (secondary N) is 1. The molecule has 0 fully saturated rings. The fourth-order valence-electron chi connectivity index (χ4n) is 3.31. The van der Waals surface area contributed by atoms with Gasteiger partial charge in [0.25, 0.3) is 5.95 Å². The maximum absolute atomic E-state index is 13.2. The molecule has 1 aromatic carbocycles. The number of carbonyl (C=O) groups is 1. The van der Waals surface area contributed by atoms with Gasteiger partial charge in [-0.2, -0.15) is 18.3 Å². The Labute approximate surface area is 176 Å². The van der Waals surface area contributed by atoms with Crippen LogP contribution in [-0.2, 0) is 23.9 Å². The van der Waals surface area contributed by atoms with Gasteiger partial charge >= 0.3 is 6.18 Å². The largest absolute Gasteiger partial charge is 0.416 e. The van der Waals surface area contributed by atoms with Crippen LogP contribution < -0.4 is 5.32 Å². The van der Waals surface area contributed by atoms with Crippen LogP contribution in [0.3, 0.4) is 0 Å². The Hall–Kier alpha value is -3.30. The van der Waals surface area contributed by atoms with Crippen molar-refractivity contribution in [2.45, 2.75) is 46.8 Å². The standard InChI is InChI=1S/C21H21F4N5O/c1-11-7-12(2)28-20(27-11)30-14(4)17(13(3)29-30)9-19(31)26-10-15-5-6-16(22)8-18(15)21(23,24)25/h5-8H,9-10H2,1-4H3,(H,26,31). The number of aryl methyl sites for hydroxylation is 3. The molecule has 0 unspecified atom stereocenters. The van der Waals surface area contributed by atoms with E-state index in [1.807, 2.05) is 19.9 Å². The number of alkyl halides is 3. The van der Waals surface area contributed by atoms with E-state index in [0.717, 1.165) is 23.5 Å². The van der Waals surface area contributed by atoms with Crippen molar-refractivity contribution >= 4 is 5.91 Å². The Kier molecular flexibility index (Phi) is 6.10. The van der Waals surface area contributed by atoms with E-state index in [4.69, 9.17) is 0 Å². The number of hydrogen-bond acceptors (Lipinski definition) is 4. The van der Waals surface area contributed by atoms with Gasteiger partial charge in [-0.15, -0.1) is 0 Å². The summed E-state index contributed by atoms with van der Waals surface area (Å²) in [6, 6.07) is 4.20. The fourth-order valence-corrected chi connectivity index (χ4v) is 3.31. The van der Waals surface area contributed by atoms with E-state index >= 15 is 0 Å². The van der Waals surface area contributed by atoms with Gasteiger partial charge in [-0.25, -0.2) is 19.0 Å². The van der Waals surface area contributed by atoms with Crippen molar-refractivity contribution in [2.75, 3.05) is 0 Å². The van der Waals surface area contributed by atoms with Gasteiger partial charge in [0.2, 0.25) is 5.91 Å². The predicted molar refractivity (Wildman–Crippen MR) is 105 cm³/mol. The summed E-state index contributed by atoms with van der Waals surface area (Å²) in [5, 5.41) is 6.88. The quantitative estimate of drug-likeness (QED) is 0.617. The second kappa shape index (κ2) is 8.44. The maximum Gasteiger partial charge on any atom is 0.416 e. The highest BCUT2D eigenvalue weighted by Crippen LogP contribution is 2.32. The van der Waals surface area contributed by atoms with E-state index in [1.54, 1.807) is 18.5 Å². The van der Waals surface area contributed by atoms with Crippen LogP contribution in [-0.4, -0.2) is 25.7 Å². The van der Waals surface area contributed by atoms with Crippen LogP contribution >= 0.6 is 0 Å². The average Bonchev–Trinajstić information content (AvgIpc) is 2.94. The number of hydrogen-bond donors (Lipinski definition) is 1. The summed E-state index contributed by atoms with van der Waals surface area (Å²) in [7, 11) is 0. The van der Waals surface area contributed by atoms with Crippen molar-refractivity contribution in [2.24, 2.45) is 0 Å². The molecule has 0 aliphatic rings. The Bertz CT molecular complexity index is 1120. The van der Waals surface area contributed by atoms with Gasteiger partial charge in [-0.05, 0) is 51.5 Å². The Balaban J connectivity index is 1.77. The molecule has 0 atom stereocenters. The smallest absolute Gasteiger partial charge is 0.352 e. The molecule has 3 aromatic rings. The minimum Gasteiger partial charge on any atom is -0.352 e. The lowest BCUT2D eigenvalue weighted by Gasteiger charge is -2.13. The van der Waals surface area contributed by atoms with Gasteiger partial charge in [-0.1, -0.05) is 6.07 Å². The van der Waals surface area contributed by atoms with Crippen LogP contribution in [0.1, 0.15) is 39.5 Å². The first kappa shape index (κ1) is 22.4. The molecule has 3 rings (SSSR count). The lowest BCUT2D eigenvalue weighted by Crippen LogP contribution is -2.26. The molecule has 1 amide bonds. The Morgan fingerprint density at radius 2 is 1.71 bits per heavy atom. The summed E-state index contributed by atoms with van der Waals surface area (Å²) < 4.78 is 54.2. The van der Waals surface area contributed by atoms with Crippen LogP contribution in [0.15, 0.2) is 24.3 Å². The molecule has 2 aromatic heterocycles. The SMILES string of the molecule is Cc1cc(C)nc(-n2nc(C)c(CC(=O)NCc3ccc(F)cc3C(F)(F)F)c2C)n1. The molecule has 0 aliphatic carbocycles. The van der Waals surface area contributed by atoms with Gasteiger partial charge in [-0.3, -0.25) is 4.79 Å². The first-order valence-electron chi connectivity index (χ1n) is 9.45. The first-order valence-corrected chi connectivity index (χ1v) is 9.45. The topological polar surface area (TPSA) is 72.7 Å². The van der Waals surface area contributed by atoms with Crippen molar-refractivity contribution < 1.29 is 22.4 Å². The third-order valence-corrected chi connectivity index (χ3v) is 4.79. The molecule has 6 nitrogen and oxygen atoms in total. The molecule has 0 bridgehead atoms. The van der Waals surface area contributed by atoms with E-state index in [0.29, 0.717) is 29.0 Å². The zero-order valence-electron chi connectivity index (χ0n) is 17.4. The van der Waals surface area contributed by atoms with Crippen LogP contribution in [0.5, 0.6) is 0 Å². The van der Waals surface area contributed by atoms with E-state index in [2.05, 4.69) is 20.4 Å². The first-order chi connectivity index (χ1) is 14.5. The Morgan fingerprint density at radius 3 is 2.32 bits per heavy atom. The molecule has 10 heteroatoms. The number of carbonyl (C=O) groups excluding carboxylic acids is 1. The molecule has 0 spiro atoms. The second-order valence-electron chi connectivity index (χ2n) is 7.26. The summed E-state index contributed by atoms with van der Waals surface area (Å²) in [5.74, 6) is -1.09. The van der Waals surface area contributed by atoms with E-state index in [-0.39, 0.29) is 18.5 Å². The van der Waals surface area contributed by atoms with E-state index in [9.17, 15) is 22.4 Å². The molecule has 0 radical (unpaired) electrons. The van der Waals surface area contributed by atoms with Gasteiger partial charge in [0.05, 0.1) is 17.7 Å². The maximum atomic E-state index is 13.2. The van der Waals surface area contributed by atoms with Crippen molar-refractivity contribution in [3.8, 4) is 5.95 Å². The number of aromatic nitrogens is 4. The summed E-state index contributed by atoms with van der Waals surface area (Å²) in [6.07, 6.45) is -4.80. The third kappa shape index (κ3) is 5.07. The minimum absolute atomic E-state index is 0.0784. The van der Waals surface area contributed by atoms with Crippen LogP contribution in [0.4, 0.5) is 17.6 Å². The molecule has 2 heterocycles. The monoisotopic (exact) mass is 435 g/mol. The van der Waals surface area contributed by atoms with Gasteiger partial charge in [0.15, 0.2) is 0 Å². The summed E-state index contributed by atoms with van der Waals surface area (Å²) in [4.78, 5) is 21.2. The summed E-state index contributed by atoms with van der Waals surface area (Å²) >= 11 is 0. The molecule has 0 saturated heterocycles. The zero-order chi connectivity index (χ0) is 22.9. The van der Waals surface area contributed by atoms with Crippen LogP contribution in [0, 0.1) is 33.5 Å².